The van der Waals surface area contributed by atoms with Crippen LogP contribution in [0.2, 0.25) is 0 Å². The van der Waals surface area contributed by atoms with E-state index in [1.807, 2.05) is 18.2 Å². The zero-order valence-electron chi connectivity index (χ0n) is 21.4. The highest BCUT2D eigenvalue weighted by molar-refractivity contribution is 5.73. The van der Waals surface area contributed by atoms with Gasteiger partial charge < -0.3 is 9.47 Å². The van der Waals surface area contributed by atoms with Gasteiger partial charge >= 0.3 is 5.97 Å². The molecule has 32 heavy (non-hydrogen) atoms. The molecule has 0 spiro atoms. The molecule has 180 valence electrons. The molecule has 3 atom stereocenters. The first-order chi connectivity index (χ1) is 15.2. The Bertz CT molecular complexity index is 736. The summed E-state index contributed by atoms with van der Waals surface area (Å²) in [6, 6.07) is 5.61. The monoisotopic (exact) mass is 442 g/mol. The van der Waals surface area contributed by atoms with E-state index in [2.05, 4.69) is 46.8 Å². The first-order valence-electron chi connectivity index (χ1n) is 12.9. The van der Waals surface area contributed by atoms with Gasteiger partial charge in [-0.25, -0.2) is 0 Å². The predicted molar refractivity (Wildman–Crippen MR) is 135 cm³/mol. The van der Waals surface area contributed by atoms with Crippen LogP contribution in [-0.2, 0) is 4.79 Å². The van der Waals surface area contributed by atoms with Crippen molar-refractivity contribution in [1.29, 1.82) is 0 Å². The van der Waals surface area contributed by atoms with Crippen LogP contribution in [0, 0.1) is 17.8 Å². The van der Waals surface area contributed by atoms with Crippen LogP contribution in [0.3, 0.4) is 0 Å². The van der Waals surface area contributed by atoms with Crippen LogP contribution in [0.15, 0.2) is 24.3 Å². The lowest BCUT2D eigenvalue weighted by Crippen LogP contribution is -2.32. The fourth-order valence-corrected chi connectivity index (χ4v) is 4.48. The molecule has 0 aliphatic carbocycles. The summed E-state index contributed by atoms with van der Waals surface area (Å²) in [5.74, 6) is 3.71. The molecule has 1 aromatic rings. The summed E-state index contributed by atoms with van der Waals surface area (Å²) < 4.78 is 11.6. The Morgan fingerprint density at radius 2 is 1.59 bits per heavy atom. The van der Waals surface area contributed by atoms with E-state index in [4.69, 9.17) is 9.47 Å². The summed E-state index contributed by atoms with van der Waals surface area (Å²) in [7, 11) is 0. The SMILES string of the molecule is CCC(=O)Oc1ccc2c(c1)C=CC(C)(CCC[C@H](C)CCC[C@H](C)CCCC(C)C)O2. The molecule has 1 aromatic carbocycles. The molecule has 1 unspecified atom stereocenters. The molecule has 0 N–H and O–H groups in total. The summed E-state index contributed by atoms with van der Waals surface area (Å²) in [5, 5.41) is 0. The maximum atomic E-state index is 11.5. The van der Waals surface area contributed by atoms with Gasteiger partial charge in [0.25, 0.3) is 0 Å². The maximum Gasteiger partial charge on any atom is 0.310 e. The zero-order valence-corrected chi connectivity index (χ0v) is 21.4. The minimum absolute atomic E-state index is 0.217. The van der Waals surface area contributed by atoms with Crippen molar-refractivity contribution < 1.29 is 14.3 Å². The van der Waals surface area contributed by atoms with Gasteiger partial charge in [0.15, 0.2) is 0 Å². The number of carbonyl (C=O) groups is 1. The minimum Gasteiger partial charge on any atom is -0.483 e. The van der Waals surface area contributed by atoms with Crippen molar-refractivity contribution in [3.05, 3.63) is 29.8 Å². The van der Waals surface area contributed by atoms with E-state index in [-0.39, 0.29) is 11.6 Å². The Labute approximate surface area is 197 Å². The molecule has 0 saturated heterocycles. The number of hydrogen-bond donors (Lipinski definition) is 0. The fourth-order valence-electron chi connectivity index (χ4n) is 4.48. The smallest absolute Gasteiger partial charge is 0.310 e. The Morgan fingerprint density at radius 1 is 0.969 bits per heavy atom. The van der Waals surface area contributed by atoms with Gasteiger partial charge in [-0.1, -0.05) is 85.6 Å². The molecule has 0 amide bonds. The van der Waals surface area contributed by atoms with Crippen molar-refractivity contribution in [2.24, 2.45) is 17.8 Å². The van der Waals surface area contributed by atoms with Crippen LogP contribution in [0.1, 0.15) is 111 Å². The second kappa shape index (κ2) is 13.1. The third kappa shape index (κ3) is 9.38. The molecular weight excluding hydrogens is 396 g/mol. The van der Waals surface area contributed by atoms with Gasteiger partial charge in [-0.3, -0.25) is 4.79 Å². The molecule has 3 heteroatoms. The lowest BCUT2D eigenvalue weighted by atomic mass is 9.89. The topological polar surface area (TPSA) is 35.5 Å². The Kier molecular flexibility index (Phi) is 10.8. The van der Waals surface area contributed by atoms with Crippen LogP contribution in [0.25, 0.3) is 6.08 Å². The molecule has 0 saturated carbocycles. The summed E-state index contributed by atoms with van der Waals surface area (Å²) in [6.45, 7) is 13.4. The zero-order chi connectivity index (χ0) is 23.6. The van der Waals surface area contributed by atoms with Crippen molar-refractivity contribution in [2.75, 3.05) is 0 Å². The number of carbonyl (C=O) groups excluding carboxylic acids is 1. The van der Waals surface area contributed by atoms with Crippen molar-refractivity contribution in [3.8, 4) is 11.5 Å². The van der Waals surface area contributed by atoms with Gasteiger partial charge in [0.2, 0.25) is 0 Å². The van der Waals surface area contributed by atoms with Crippen LogP contribution in [0.4, 0.5) is 0 Å². The van der Waals surface area contributed by atoms with Crippen LogP contribution < -0.4 is 9.47 Å². The van der Waals surface area contributed by atoms with Crippen LogP contribution in [-0.4, -0.2) is 11.6 Å². The molecule has 0 fully saturated rings. The maximum absolute atomic E-state index is 11.5. The van der Waals surface area contributed by atoms with E-state index >= 15 is 0 Å². The highest BCUT2D eigenvalue weighted by Gasteiger charge is 2.27. The quantitative estimate of drug-likeness (QED) is 0.214. The molecule has 1 aliphatic rings. The van der Waals surface area contributed by atoms with E-state index in [0.29, 0.717) is 12.2 Å². The third-order valence-electron chi connectivity index (χ3n) is 6.70. The molecule has 1 aliphatic heterocycles. The Morgan fingerprint density at radius 3 is 2.22 bits per heavy atom. The molecule has 0 aromatic heterocycles. The second-order valence-electron chi connectivity index (χ2n) is 10.6. The molecular formula is C29H46O3. The normalized spacial score (nSPS) is 19.3. The van der Waals surface area contributed by atoms with Gasteiger partial charge in [-0.15, -0.1) is 0 Å². The van der Waals surface area contributed by atoms with Crippen molar-refractivity contribution >= 4 is 12.0 Å². The lowest BCUT2D eigenvalue weighted by molar-refractivity contribution is -0.134. The van der Waals surface area contributed by atoms with E-state index in [9.17, 15) is 4.79 Å². The molecule has 0 bridgehead atoms. The first-order valence-corrected chi connectivity index (χ1v) is 12.9. The molecule has 2 rings (SSSR count). The molecule has 3 nitrogen and oxygen atoms in total. The average Bonchev–Trinajstić information content (AvgIpc) is 2.73. The number of ether oxygens (including phenoxy) is 2. The standard InChI is InChI=1S/C29H46O3/c1-7-28(30)31-26-16-17-27-25(21-26)18-20-29(6,32-27)19-10-15-24(5)14-9-13-23(4)12-8-11-22(2)3/h16-18,20-24H,7-15,19H2,1-6H3/t23-,24-,29?/m1/s1. The van der Waals surface area contributed by atoms with Gasteiger partial charge in [0.1, 0.15) is 17.1 Å². The van der Waals surface area contributed by atoms with Crippen LogP contribution in [0.5, 0.6) is 11.5 Å². The van der Waals surface area contributed by atoms with Gasteiger partial charge in [0, 0.05) is 12.0 Å². The Hall–Kier alpha value is -1.77. The summed E-state index contributed by atoms with van der Waals surface area (Å²) in [5.41, 5.74) is 0.707. The molecule has 0 radical (unpaired) electrons. The largest absolute Gasteiger partial charge is 0.483 e. The van der Waals surface area contributed by atoms with Crippen molar-refractivity contribution in [1.82, 2.24) is 0 Å². The summed E-state index contributed by atoms with van der Waals surface area (Å²) in [6.07, 6.45) is 16.3. The number of esters is 1. The van der Waals surface area contributed by atoms with Gasteiger partial charge in [-0.05, 0) is 61.8 Å². The van der Waals surface area contributed by atoms with E-state index in [1.165, 1.54) is 51.4 Å². The number of benzene rings is 1. The highest BCUT2D eigenvalue weighted by Crippen LogP contribution is 2.36. The molecule has 1 heterocycles. The lowest BCUT2D eigenvalue weighted by Gasteiger charge is -2.32. The summed E-state index contributed by atoms with van der Waals surface area (Å²) in [4.78, 5) is 11.5. The van der Waals surface area contributed by atoms with Gasteiger partial charge in [-0.2, -0.15) is 0 Å². The summed E-state index contributed by atoms with van der Waals surface area (Å²) >= 11 is 0. The van der Waals surface area contributed by atoms with E-state index in [0.717, 1.165) is 35.5 Å². The number of fused-ring (bicyclic) bond motifs is 1. The fraction of sp³-hybridized carbons (Fsp3) is 0.690. The average molecular weight is 443 g/mol. The van der Waals surface area contributed by atoms with Crippen LogP contribution >= 0.6 is 0 Å². The predicted octanol–water partition coefficient (Wildman–Crippen LogP) is 8.61. The first kappa shape index (κ1) is 26.5. The van der Waals surface area contributed by atoms with Crippen molar-refractivity contribution in [3.63, 3.8) is 0 Å². The van der Waals surface area contributed by atoms with E-state index < -0.39 is 0 Å². The number of rotatable bonds is 14. The number of hydrogen-bond acceptors (Lipinski definition) is 3. The minimum atomic E-state index is -0.265. The second-order valence-corrected chi connectivity index (χ2v) is 10.6. The van der Waals surface area contributed by atoms with Gasteiger partial charge in [0.05, 0.1) is 0 Å². The highest BCUT2D eigenvalue weighted by atomic mass is 16.5. The Balaban J connectivity index is 1.69. The van der Waals surface area contributed by atoms with Crippen molar-refractivity contribution in [2.45, 2.75) is 111 Å². The third-order valence-corrected chi connectivity index (χ3v) is 6.70. The van der Waals surface area contributed by atoms with E-state index in [1.54, 1.807) is 6.92 Å².